The Bertz CT molecular complexity index is 431. The summed E-state index contributed by atoms with van der Waals surface area (Å²) < 4.78 is 12.2. The van der Waals surface area contributed by atoms with Crippen molar-refractivity contribution in [2.24, 2.45) is 11.8 Å². The van der Waals surface area contributed by atoms with Crippen molar-refractivity contribution in [1.29, 1.82) is 0 Å². The van der Waals surface area contributed by atoms with E-state index in [1.165, 1.54) is 6.92 Å². The van der Waals surface area contributed by atoms with E-state index in [1.807, 2.05) is 0 Å². The number of rotatable bonds is 4. The molecule has 2 saturated heterocycles. The van der Waals surface area contributed by atoms with Crippen molar-refractivity contribution < 1.29 is 24.2 Å². The fraction of sp³-hybridized carbons (Fsp3) is 0.882. The summed E-state index contributed by atoms with van der Waals surface area (Å²) >= 11 is 0. The fourth-order valence-electron chi connectivity index (χ4n) is 3.95. The molecule has 0 aliphatic carbocycles. The van der Waals surface area contributed by atoms with Crippen LogP contribution in [0.5, 0.6) is 0 Å². The monoisotopic (exact) mass is 312 g/mol. The molecule has 1 spiro atoms. The van der Waals surface area contributed by atoms with Crippen molar-refractivity contribution in [3.63, 3.8) is 0 Å². The third-order valence-corrected chi connectivity index (χ3v) is 4.65. The Morgan fingerprint density at radius 3 is 2.27 bits per heavy atom. The van der Waals surface area contributed by atoms with E-state index in [0.717, 1.165) is 19.3 Å². The van der Waals surface area contributed by atoms with Gasteiger partial charge in [-0.25, -0.2) is 0 Å². The smallest absolute Gasteiger partial charge is 0.169 e. The van der Waals surface area contributed by atoms with E-state index < -0.39 is 18.0 Å². The highest BCUT2D eigenvalue weighted by atomic mass is 16.7. The number of hydrogen-bond donors (Lipinski definition) is 1. The quantitative estimate of drug-likeness (QED) is 0.862. The Labute approximate surface area is 132 Å². The van der Waals surface area contributed by atoms with Gasteiger partial charge in [0.05, 0.1) is 12.2 Å². The number of ketones is 2. The predicted octanol–water partition coefficient (Wildman–Crippen LogP) is 2.24. The summed E-state index contributed by atoms with van der Waals surface area (Å²) in [6.45, 7) is 7.17. The van der Waals surface area contributed by atoms with E-state index in [1.54, 1.807) is 6.92 Å². The second-order valence-corrected chi connectivity index (χ2v) is 7.36. The summed E-state index contributed by atoms with van der Waals surface area (Å²) in [6, 6.07) is 0. The van der Waals surface area contributed by atoms with E-state index in [0.29, 0.717) is 24.7 Å². The number of carbonyl (C=O) groups excluding carboxylic acids is 2. The molecule has 0 aromatic heterocycles. The molecule has 6 atom stereocenters. The van der Waals surface area contributed by atoms with Gasteiger partial charge in [0.2, 0.25) is 0 Å². The molecule has 0 radical (unpaired) electrons. The van der Waals surface area contributed by atoms with Gasteiger partial charge in [-0.1, -0.05) is 13.8 Å². The number of carbonyl (C=O) groups is 2. The minimum absolute atomic E-state index is 0.110. The average molecular weight is 312 g/mol. The molecule has 0 aromatic carbocycles. The van der Waals surface area contributed by atoms with Gasteiger partial charge in [-0.2, -0.15) is 0 Å². The number of aliphatic hydroxyl groups is 1. The first-order chi connectivity index (χ1) is 10.2. The molecule has 2 aliphatic heterocycles. The molecule has 1 N–H and O–H groups in total. The van der Waals surface area contributed by atoms with Gasteiger partial charge in [0.25, 0.3) is 0 Å². The lowest BCUT2D eigenvalue weighted by atomic mass is 9.81. The van der Waals surface area contributed by atoms with Gasteiger partial charge in [-0.15, -0.1) is 0 Å². The van der Waals surface area contributed by atoms with Crippen molar-refractivity contribution in [2.45, 2.75) is 83.9 Å². The van der Waals surface area contributed by atoms with Gasteiger partial charge in [-0.3, -0.25) is 9.59 Å². The minimum atomic E-state index is -1.10. The summed E-state index contributed by atoms with van der Waals surface area (Å²) in [4.78, 5) is 22.9. The highest BCUT2D eigenvalue weighted by molar-refractivity contribution is 5.80. The molecule has 5 nitrogen and oxygen atoms in total. The molecule has 0 bridgehead atoms. The van der Waals surface area contributed by atoms with Crippen LogP contribution in [0.4, 0.5) is 0 Å². The average Bonchev–Trinajstić information content (AvgIpc) is 2.34. The van der Waals surface area contributed by atoms with Crippen LogP contribution in [0.15, 0.2) is 0 Å². The Kier molecular flexibility index (Phi) is 5.41. The summed E-state index contributed by atoms with van der Waals surface area (Å²) in [6.07, 6.45) is 1.61. The first kappa shape index (κ1) is 17.6. The van der Waals surface area contributed by atoms with Crippen molar-refractivity contribution >= 4 is 11.6 Å². The largest absolute Gasteiger partial charge is 0.383 e. The lowest BCUT2D eigenvalue weighted by molar-refractivity contribution is -0.335. The van der Waals surface area contributed by atoms with Crippen LogP contribution in [-0.4, -0.2) is 40.8 Å². The SMILES string of the molecule is CC(=O)CC1C[C@@H](C)C[C@@]2(C[C@H](C)C[C@@H]([C@@H](O)C(C)=O)O2)O1. The lowest BCUT2D eigenvalue weighted by Gasteiger charge is -2.50. The first-order valence-corrected chi connectivity index (χ1v) is 8.24. The van der Waals surface area contributed by atoms with E-state index in [-0.39, 0.29) is 17.7 Å². The molecule has 1 unspecified atom stereocenters. The number of hydrogen-bond acceptors (Lipinski definition) is 5. The summed E-state index contributed by atoms with van der Waals surface area (Å²) in [7, 11) is 0. The fourth-order valence-corrected chi connectivity index (χ4v) is 3.95. The molecule has 22 heavy (non-hydrogen) atoms. The summed E-state index contributed by atoms with van der Waals surface area (Å²) in [5, 5.41) is 10.1. The van der Waals surface area contributed by atoms with Gasteiger partial charge in [-0.05, 0) is 38.5 Å². The van der Waals surface area contributed by atoms with Crippen molar-refractivity contribution in [3.8, 4) is 0 Å². The van der Waals surface area contributed by atoms with Crippen molar-refractivity contribution in [2.75, 3.05) is 0 Å². The van der Waals surface area contributed by atoms with Gasteiger partial charge >= 0.3 is 0 Å². The maximum atomic E-state index is 11.5. The molecule has 5 heteroatoms. The van der Waals surface area contributed by atoms with E-state index in [4.69, 9.17) is 9.47 Å². The van der Waals surface area contributed by atoms with Crippen LogP contribution in [0.25, 0.3) is 0 Å². The van der Waals surface area contributed by atoms with Crippen LogP contribution >= 0.6 is 0 Å². The van der Waals surface area contributed by atoms with Gasteiger partial charge < -0.3 is 14.6 Å². The molecule has 2 heterocycles. The molecule has 0 aromatic rings. The van der Waals surface area contributed by atoms with Crippen LogP contribution in [0.2, 0.25) is 0 Å². The third-order valence-electron chi connectivity index (χ3n) is 4.65. The predicted molar refractivity (Wildman–Crippen MR) is 81.3 cm³/mol. The standard InChI is InChI=1S/C17H28O5/c1-10-5-14(7-12(3)18)21-17(8-10)9-11(2)6-15(22-17)16(20)13(4)19/h10-11,14-16,20H,5-9H2,1-4H3/t10-,11-,14?,15+,16+,17-/m1/s1. The van der Waals surface area contributed by atoms with Gasteiger partial charge in [0.1, 0.15) is 11.9 Å². The highest BCUT2D eigenvalue weighted by Crippen LogP contribution is 2.44. The highest BCUT2D eigenvalue weighted by Gasteiger charge is 2.48. The van der Waals surface area contributed by atoms with E-state index in [2.05, 4.69) is 13.8 Å². The topological polar surface area (TPSA) is 72.8 Å². The van der Waals surface area contributed by atoms with Crippen molar-refractivity contribution in [1.82, 2.24) is 0 Å². The summed E-state index contributed by atoms with van der Waals surface area (Å²) in [5.74, 6) is -0.248. The zero-order valence-electron chi connectivity index (χ0n) is 14.0. The minimum Gasteiger partial charge on any atom is -0.383 e. The Morgan fingerprint density at radius 1 is 1.14 bits per heavy atom. The zero-order chi connectivity index (χ0) is 16.5. The van der Waals surface area contributed by atoms with Gasteiger partial charge in [0, 0.05) is 19.3 Å². The second-order valence-electron chi connectivity index (χ2n) is 7.36. The number of aliphatic hydroxyl groups excluding tert-OH is 1. The normalized spacial score (nSPS) is 40.4. The van der Waals surface area contributed by atoms with E-state index in [9.17, 15) is 14.7 Å². The Balaban J connectivity index is 2.15. The van der Waals surface area contributed by atoms with Gasteiger partial charge in [0.15, 0.2) is 11.6 Å². The van der Waals surface area contributed by atoms with Crippen LogP contribution in [0.3, 0.4) is 0 Å². The Morgan fingerprint density at radius 2 is 1.73 bits per heavy atom. The second kappa shape index (κ2) is 6.77. The van der Waals surface area contributed by atoms with Crippen LogP contribution < -0.4 is 0 Å². The molecular formula is C17H28O5. The molecule has 2 aliphatic rings. The van der Waals surface area contributed by atoms with Crippen molar-refractivity contribution in [3.05, 3.63) is 0 Å². The van der Waals surface area contributed by atoms with E-state index >= 15 is 0 Å². The molecule has 0 amide bonds. The summed E-state index contributed by atoms with van der Waals surface area (Å²) in [5.41, 5.74) is 0. The van der Waals surface area contributed by atoms with Crippen LogP contribution in [-0.2, 0) is 19.1 Å². The Hall–Kier alpha value is -0.780. The maximum absolute atomic E-state index is 11.5. The third kappa shape index (κ3) is 4.15. The molecule has 2 fully saturated rings. The lowest BCUT2D eigenvalue weighted by Crippen LogP contribution is -2.55. The molecular weight excluding hydrogens is 284 g/mol. The zero-order valence-corrected chi connectivity index (χ0v) is 14.0. The molecule has 0 saturated carbocycles. The van der Waals surface area contributed by atoms with Crippen LogP contribution in [0, 0.1) is 11.8 Å². The molecule has 2 rings (SSSR count). The van der Waals surface area contributed by atoms with Crippen LogP contribution in [0.1, 0.15) is 59.8 Å². The number of ether oxygens (including phenoxy) is 2. The molecule has 126 valence electrons. The first-order valence-electron chi connectivity index (χ1n) is 8.24. The maximum Gasteiger partial charge on any atom is 0.169 e. The number of Topliss-reactive ketones (excluding diaryl/α,β-unsaturated/α-hetero) is 2.